The van der Waals surface area contributed by atoms with Crippen LogP contribution in [-0.4, -0.2) is 47.7 Å². The second kappa shape index (κ2) is 9.46. The summed E-state index contributed by atoms with van der Waals surface area (Å²) < 4.78 is 10.8. The standard InChI is InChI=1S/C29H30N4O4/c1-36-20-9-10-22-21(15-20)19(16-30-22)12-13-33-28(18-8-11-23(34)24(14-18)37-2)25-26(17-6-4-3-5-7-17)31-32-27(25)29(33)35/h3-11,14-16,25-28,30-32,34H,12-13H2,1-2H3. The van der Waals surface area contributed by atoms with Crippen molar-refractivity contribution in [2.45, 2.75) is 24.5 Å². The first kappa shape index (κ1) is 23.4. The first-order valence-electron chi connectivity index (χ1n) is 12.5. The average Bonchev–Trinajstić information content (AvgIpc) is 3.62. The lowest BCUT2D eigenvalue weighted by Crippen LogP contribution is -2.42. The molecule has 37 heavy (non-hydrogen) atoms. The number of fused-ring (bicyclic) bond motifs is 2. The molecule has 190 valence electrons. The molecule has 4 atom stereocenters. The van der Waals surface area contributed by atoms with Crippen molar-refractivity contribution in [2.24, 2.45) is 5.92 Å². The topological polar surface area (TPSA) is 98.9 Å². The molecule has 0 bridgehead atoms. The van der Waals surface area contributed by atoms with E-state index >= 15 is 0 Å². The number of phenols is 1. The van der Waals surface area contributed by atoms with Gasteiger partial charge in [0.25, 0.3) is 0 Å². The lowest BCUT2D eigenvalue weighted by molar-refractivity contribution is -0.130. The monoisotopic (exact) mass is 498 g/mol. The summed E-state index contributed by atoms with van der Waals surface area (Å²) in [4.78, 5) is 19.1. The Labute approximate surface area is 215 Å². The average molecular weight is 499 g/mol. The highest BCUT2D eigenvalue weighted by Gasteiger charge is 2.55. The number of phenolic OH excluding ortho intramolecular Hbond substituents is 1. The Morgan fingerprint density at radius 1 is 0.919 bits per heavy atom. The predicted molar refractivity (Wildman–Crippen MR) is 140 cm³/mol. The maximum Gasteiger partial charge on any atom is 0.242 e. The van der Waals surface area contributed by atoms with Gasteiger partial charge in [0.05, 0.1) is 26.3 Å². The van der Waals surface area contributed by atoms with E-state index in [9.17, 15) is 9.90 Å². The Morgan fingerprint density at radius 3 is 2.51 bits per heavy atom. The number of likely N-dealkylation sites (tertiary alicyclic amines) is 1. The third kappa shape index (κ3) is 3.98. The number of amides is 1. The van der Waals surface area contributed by atoms with Crippen LogP contribution in [0.2, 0.25) is 0 Å². The number of carbonyl (C=O) groups is 1. The molecular formula is C29H30N4O4. The number of nitrogens with zero attached hydrogens (tertiary/aromatic N) is 1. The van der Waals surface area contributed by atoms with Gasteiger partial charge in [-0.25, -0.2) is 10.9 Å². The summed E-state index contributed by atoms with van der Waals surface area (Å²) in [6.07, 6.45) is 2.70. The van der Waals surface area contributed by atoms with Crippen LogP contribution in [-0.2, 0) is 11.2 Å². The molecule has 4 N–H and O–H groups in total. The van der Waals surface area contributed by atoms with Gasteiger partial charge in [-0.05, 0) is 53.4 Å². The van der Waals surface area contributed by atoms with Gasteiger partial charge >= 0.3 is 0 Å². The van der Waals surface area contributed by atoms with E-state index in [1.165, 1.54) is 7.11 Å². The minimum Gasteiger partial charge on any atom is -0.504 e. The lowest BCUT2D eigenvalue weighted by Gasteiger charge is -2.31. The normalized spacial score (nSPS) is 23.0. The van der Waals surface area contributed by atoms with Crippen LogP contribution in [0.15, 0.2) is 72.9 Å². The molecule has 0 aliphatic carbocycles. The Hall–Kier alpha value is -4.01. The van der Waals surface area contributed by atoms with E-state index in [1.54, 1.807) is 13.2 Å². The number of nitrogens with one attached hydrogen (secondary N) is 3. The zero-order valence-electron chi connectivity index (χ0n) is 20.8. The molecule has 2 saturated heterocycles. The van der Waals surface area contributed by atoms with Gasteiger partial charge in [0.1, 0.15) is 11.8 Å². The highest BCUT2D eigenvalue weighted by molar-refractivity contribution is 5.87. The largest absolute Gasteiger partial charge is 0.504 e. The highest BCUT2D eigenvalue weighted by Crippen LogP contribution is 2.48. The molecule has 2 fully saturated rings. The summed E-state index contributed by atoms with van der Waals surface area (Å²) in [5.41, 5.74) is 10.9. The third-order valence-corrected chi connectivity index (χ3v) is 7.71. The number of aromatic nitrogens is 1. The molecule has 2 aliphatic heterocycles. The molecule has 2 aliphatic rings. The summed E-state index contributed by atoms with van der Waals surface area (Å²) in [7, 11) is 3.20. The van der Waals surface area contributed by atoms with Gasteiger partial charge in [0, 0.05) is 29.6 Å². The van der Waals surface area contributed by atoms with Gasteiger partial charge in [-0.1, -0.05) is 36.4 Å². The third-order valence-electron chi connectivity index (χ3n) is 7.71. The first-order valence-corrected chi connectivity index (χ1v) is 12.5. The summed E-state index contributed by atoms with van der Waals surface area (Å²) in [5, 5.41) is 11.3. The quantitative estimate of drug-likeness (QED) is 0.309. The Balaban J connectivity index is 1.37. The summed E-state index contributed by atoms with van der Waals surface area (Å²) in [6, 6.07) is 20.9. The van der Waals surface area contributed by atoms with Crippen molar-refractivity contribution in [1.82, 2.24) is 20.7 Å². The number of ether oxygens (including phenoxy) is 2. The number of hydrogen-bond acceptors (Lipinski definition) is 6. The number of aromatic amines is 1. The van der Waals surface area contributed by atoms with Crippen molar-refractivity contribution in [3.63, 3.8) is 0 Å². The fraction of sp³-hybridized carbons (Fsp3) is 0.276. The molecule has 4 aromatic rings. The smallest absolute Gasteiger partial charge is 0.242 e. The molecule has 3 heterocycles. The number of benzene rings is 3. The second-order valence-electron chi connectivity index (χ2n) is 9.62. The molecule has 8 heteroatoms. The Kier molecular flexibility index (Phi) is 5.98. The van der Waals surface area contributed by atoms with Gasteiger partial charge < -0.3 is 24.5 Å². The van der Waals surface area contributed by atoms with Crippen molar-refractivity contribution in [3.05, 3.63) is 89.6 Å². The number of hydrazine groups is 1. The van der Waals surface area contributed by atoms with Gasteiger partial charge in [0.2, 0.25) is 5.91 Å². The molecular weight excluding hydrogens is 468 g/mol. The maximum atomic E-state index is 13.8. The second-order valence-corrected chi connectivity index (χ2v) is 9.62. The van der Waals surface area contributed by atoms with Crippen LogP contribution < -0.4 is 20.3 Å². The van der Waals surface area contributed by atoms with Crippen molar-refractivity contribution >= 4 is 16.8 Å². The van der Waals surface area contributed by atoms with Crippen LogP contribution in [0.25, 0.3) is 10.9 Å². The van der Waals surface area contributed by atoms with Crippen molar-refractivity contribution < 1.29 is 19.4 Å². The minimum absolute atomic E-state index is 0.0489. The van der Waals surface area contributed by atoms with Crippen LogP contribution >= 0.6 is 0 Å². The van der Waals surface area contributed by atoms with Crippen LogP contribution in [0.1, 0.15) is 28.8 Å². The highest BCUT2D eigenvalue weighted by atomic mass is 16.5. The van der Waals surface area contributed by atoms with E-state index in [-0.39, 0.29) is 35.7 Å². The molecule has 6 rings (SSSR count). The summed E-state index contributed by atoms with van der Waals surface area (Å²) in [6.45, 7) is 0.549. The molecule has 0 saturated carbocycles. The number of hydrogen-bond donors (Lipinski definition) is 4. The molecule has 1 amide bonds. The zero-order valence-corrected chi connectivity index (χ0v) is 20.8. The van der Waals surface area contributed by atoms with Gasteiger partial charge in [-0.2, -0.15) is 0 Å². The van der Waals surface area contributed by atoms with Crippen molar-refractivity contribution in [2.75, 3.05) is 20.8 Å². The fourth-order valence-corrected chi connectivity index (χ4v) is 5.91. The number of rotatable bonds is 7. The first-order chi connectivity index (χ1) is 18.1. The number of aromatic hydroxyl groups is 1. The van der Waals surface area contributed by atoms with Crippen LogP contribution in [0.4, 0.5) is 0 Å². The van der Waals surface area contributed by atoms with Crippen molar-refractivity contribution in [3.8, 4) is 17.2 Å². The van der Waals surface area contributed by atoms with Crippen LogP contribution in [0.3, 0.4) is 0 Å². The van der Waals surface area contributed by atoms with E-state index in [0.29, 0.717) is 18.7 Å². The minimum atomic E-state index is -0.363. The van der Waals surface area contributed by atoms with E-state index < -0.39 is 0 Å². The van der Waals surface area contributed by atoms with E-state index in [1.807, 2.05) is 59.6 Å². The van der Waals surface area contributed by atoms with E-state index in [2.05, 4.69) is 28.0 Å². The van der Waals surface area contributed by atoms with Crippen molar-refractivity contribution in [1.29, 1.82) is 0 Å². The number of methoxy groups -OCH3 is 2. The molecule has 8 nitrogen and oxygen atoms in total. The summed E-state index contributed by atoms with van der Waals surface area (Å²) in [5.74, 6) is 1.29. The molecule has 4 unspecified atom stereocenters. The van der Waals surface area contributed by atoms with Gasteiger partial charge in [-0.15, -0.1) is 0 Å². The molecule has 3 aromatic carbocycles. The van der Waals surface area contributed by atoms with E-state index in [0.717, 1.165) is 33.3 Å². The van der Waals surface area contributed by atoms with Crippen LogP contribution in [0, 0.1) is 5.92 Å². The SMILES string of the molecule is COc1ccc2[nH]cc(CCN3C(=O)C4NNC(c5ccccc5)C4C3c3ccc(O)c(OC)c3)c2c1. The van der Waals surface area contributed by atoms with E-state index in [4.69, 9.17) is 9.47 Å². The number of carbonyl (C=O) groups excluding carboxylic acids is 1. The molecule has 0 spiro atoms. The Bertz CT molecular complexity index is 1440. The Morgan fingerprint density at radius 2 is 1.73 bits per heavy atom. The fourth-order valence-electron chi connectivity index (χ4n) is 5.91. The molecule has 1 aromatic heterocycles. The van der Waals surface area contributed by atoms with Gasteiger partial charge in [-0.3, -0.25) is 4.79 Å². The summed E-state index contributed by atoms with van der Waals surface area (Å²) >= 11 is 0. The number of H-pyrrole nitrogens is 1. The lowest BCUT2D eigenvalue weighted by atomic mass is 9.83. The zero-order chi connectivity index (χ0) is 25.5. The van der Waals surface area contributed by atoms with Gasteiger partial charge in [0.15, 0.2) is 11.5 Å². The molecule has 0 radical (unpaired) electrons. The maximum absolute atomic E-state index is 13.8. The predicted octanol–water partition coefficient (Wildman–Crippen LogP) is 3.85. The van der Waals surface area contributed by atoms with Crippen LogP contribution in [0.5, 0.6) is 17.2 Å².